The maximum atomic E-state index is 10.8. The molecular formula is C27H31BrN4O5. The Bertz CT molecular complexity index is 1290. The van der Waals surface area contributed by atoms with E-state index in [2.05, 4.69) is 36.2 Å². The molecule has 0 unspecified atom stereocenters. The minimum absolute atomic E-state index is 0.389. The van der Waals surface area contributed by atoms with E-state index >= 15 is 0 Å². The molecule has 0 bridgehead atoms. The largest absolute Gasteiger partial charge is 0.461 e. The molecule has 0 amide bonds. The molecule has 5 heterocycles. The van der Waals surface area contributed by atoms with Gasteiger partial charge in [0.1, 0.15) is 11.6 Å². The van der Waals surface area contributed by atoms with Gasteiger partial charge in [-0.25, -0.2) is 4.98 Å². The molecule has 2 aliphatic heterocycles. The predicted octanol–water partition coefficient (Wildman–Crippen LogP) is 5.65. The molecule has 3 aromatic rings. The second-order valence-electron chi connectivity index (χ2n) is 9.70. The fraction of sp³-hybridized carbons (Fsp3) is 0.407. The van der Waals surface area contributed by atoms with Crippen molar-refractivity contribution in [3.63, 3.8) is 0 Å². The molecule has 5 rings (SSSR count). The van der Waals surface area contributed by atoms with E-state index in [9.17, 15) is 4.79 Å². The summed E-state index contributed by atoms with van der Waals surface area (Å²) in [6, 6.07) is 3.88. The molecule has 0 saturated carbocycles. The van der Waals surface area contributed by atoms with Crippen molar-refractivity contribution in [1.29, 1.82) is 0 Å². The molecule has 196 valence electrons. The number of aromatic nitrogens is 3. The number of rotatable bonds is 4. The van der Waals surface area contributed by atoms with E-state index in [0.29, 0.717) is 31.1 Å². The summed E-state index contributed by atoms with van der Waals surface area (Å²) < 4.78 is 23.8. The Morgan fingerprint density at radius 3 is 2.08 bits per heavy atom. The summed E-state index contributed by atoms with van der Waals surface area (Å²) in [5.41, 5.74) is 5.10. The van der Waals surface area contributed by atoms with Crippen molar-refractivity contribution in [2.75, 3.05) is 5.32 Å². The summed E-state index contributed by atoms with van der Waals surface area (Å²) in [5.74, 6) is 1.06. The molecular weight excluding hydrogens is 540 g/mol. The van der Waals surface area contributed by atoms with Crippen LogP contribution in [0.15, 0.2) is 35.2 Å². The Labute approximate surface area is 225 Å². The lowest BCUT2D eigenvalue weighted by Crippen LogP contribution is -2.36. The second kappa shape index (κ2) is 10.7. The van der Waals surface area contributed by atoms with Crippen molar-refractivity contribution in [2.24, 2.45) is 0 Å². The fourth-order valence-corrected chi connectivity index (χ4v) is 4.10. The molecule has 37 heavy (non-hydrogen) atoms. The summed E-state index contributed by atoms with van der Waals surface area (Å²) in [6.07, 6.45) is 5.95. The number of carbonyl (C=O) groups is 1. The SMILES string of the molecule is Cc1ncc(C=O)c2c1OC(C)(C)OC2.Cc1ncc(CNc2ccc(Br)cn2)c2c1OC(C)(C)OC2. The average molecular weight is 571 g/mol. The summed E-state index contributed by atoms with van der Waals surface area (Å²) in [4.78, 5) is 23.7. The molecule has 0 spiro atoms. The standard InChI is InChI=1S/C16H18BrN3O2.C11H13NO3/c1-10-15-13(9-21-16(2,3)22-15)11(6-18-10)7-19-14-5-4-12(17)8-20-14;1-7-10-9(8(5-13)4-12-7)6-14-11(2,3)15-10/h4-6,8H,7,9H2,1-3H3,(H,19,20);4-5H,6H2,1-3H3. The number of halogens is 1. The number of pyridine rings is 3. The topological polar surface area (TPSA) is 105 Å². The van der Waals surface area contributed by atoms with Gasteiger partial charge in [0, 0.05) is 74.0 Å². The van der Waals surface area contributed by atoms with Crippen LogP contribution in [0.25, 0.3) is 0 Å². The molecule has 0 aromatic carbocycles. The van der Waals surface area contributed by atoms with Gasteiger partial charge in [-0.05, 0) is 47.5 Å². The number of nitrogens with zero attached hydrogens (tertiary/aromatic N) is 3. The molecule has 1 N–H and O–H groups in total. The van der Waals surface area contributed by atoms with Crippen molar-refractivity contribution in [1.82, 2.24) is 15.0 Å². The Morgan fingerprint density at radius 2 is 1.49 bits per heavy atom. The van der Waals surface area contributed by atoms with Gasteiger partial charge in [0.25, 0.3) is 0 Å². The van der Waals surface area contributed by atoms with E-state index in [-0.39, 0.29) is 0 Å². The second-order valence-corrected chi connectivity index (χ2v) is 10.6. The van der Waals surface area contributed by atoms with Crippen LogP contribution >= 0.6 is 15.9 Å². The number of hydrogen-bond donors (Lipinski definition) is 1. The summed E-state index contributed by atoms with van der Waals surface area (Å²) in [6.45, 7) is 12.8. The third-order valence-corrected chi connectivity index (χ3v) is 6.36. The molecule has 0 saturated heterocycles. The number of nitrogens with one attached hydrogen (secondary N) is 1. The minimum atomic E-state index is -0.652. The van der Waals surface area contributed by atoms with Crippen molar-refractivity contribution in [3.8, 4) is 11.5 Å². The number of fused-ring (bicyclic) bond motifs is 2. The first-order chi connectivity index (χ1) is 17.5. The molecule has 0 atom stereocenters. The van der Waals surface area contributed by atoms with E-state index in [1.165, 1.54) is 0 Å². The first kappa shape index (κ1) is 27.0. The van der Waals surface area contributed by atoms with Crippen LogP contribution < -0.4 is 14.8 Å². The fourth-order valence-electron chi connectivity index (χ4n) is 3.87. The highest BCUT2D eigenvalue weighted by Gasteiger charge is 2.31. The monoisotopic (exact) mass is 570 g/mol. The zero-order valence-corrected chi connectivity index (χ0v) is 23.4. The summed E-state index contributed by atoms with van der Waals surface area (Å²) in [5, 5.41) is 3.30. The van der Waals surface area contributed by atoms with Gasteiger partial charge < -0.3 is 24.3 Å². The van der Waals surface area contributed by atoms with Gasteiger partial charge in [-0.15, -0.1) is 0 Å². The maximum Gasteiger partial charge on any atom is 0.205 e. The van der Waals surface area contributed by atoms with Crippen LogP contribution in [0.2, 0.25) is 0 Å². The van der Waals surface area contributed by atoms with Crippen LogP contribution in [0.4, 0.5) is 5.82 Å². The predicted molar refractivity (Wildman–Crippen MR) is 142 cm³/mol. The van der Waals surface area contributed by atoms with E-state index < -0.39 is 11.6 Å². The molecule has 10 heteroatoms. The van der Waals surface area contributed by atoms with Crippen molar-refractivity contribution >= 4 is 28.0 Å². The highest BCUT2D eigenvalue weighted by molar-refractivity contribution is 9.10. The lowest BCUT2D eigenvalue weighted by atomic mass is 10.1. The van der Waals surface area contributed by atoms with E-state index in [1.54, 1.807) is 12.4 Å². The number of ether oxygens (including phenoxy) is 4. The Hall–Kier alpha value is -3.08. The van der Waals surface area contributed by atoms with Crippen molar-refractivity contribution < 1.29 is 23.7 Å². The molecule has 2 aliphatic rings. The molecule has 0 fully saturated rings. The van der Waals surface area contributed by atoms with Crippen LogP contribution in [0.3, 0.4) is 0 Å². The normalized spacial score (nSPS) is 16.6. The molecule has 0 radical (unpaired) electrons. The van der Waals surface area contributed by atoms with Crippen LogP contribution in [0.5, 0.6) is 11.5 Å². The Balaban J connectivity index is 0.000000186. The van der Waals surface area contributed by atoms with Crippen LogP contribution in [-0.4, -0.2) is 32.8 Å². The lowest BCUT2D eigenvalue weighted by Gasteiger charge is -2.34. The van der Waals surface area contributed by atoms with Gasteiger partial charge in [-0.2, -0.15) is 0 Å². The van der Waals surface area contributed by atoms with Gasteiger partial charge in [-0.3, -0.25) is 14.8 Å². The number of aryl methyl sites for hydroxylation is 2. The number of carbonyl (C=O) groups excluding carboxylic acids is 1. The minimum Gasteiger partial charge on any atom is -0.461 e. The van der Waals surface area contributed by atoms with Crippen molar-refractivity contribution in [3.05, 3.63) is 68.8 Å². The van der Waals surface area contributed by atoms with Gasteiger partial charge in [0.15, 0.2) is 12.0 Å². The summed E-state index contributed by atoms with van der Waals surface area (Å²) in [7, 11) is 0. The zero-order chi connectivity index (χ0) is 26.8. The van der Waals surface area contributed by atoms with Crippen LogP contribution in [0, 0.1) is 13.8 Å². The quantitative estimate of drug-likeness (QED) is 0.398. The maximum absolute atomic E-state index is 10.8. The first-order valence-corrected chi connectivity index (χ1v) is 12.7. The van der Waals surface area contributed by atoms with Gasteiger partial charge in [0.2, 0.25) is 11.6 Å². The van der Waals surface area contributed by atoms with Crippen LogP contribution in [-0.2, 0) is 29.2 Å². The van der Waals surface area contributed by atoms with Gasteiger partial charge in [0.05, 0.1) is 24.6 Å². The average Bonchev–Trinajstić information content (AvgIpc) is 2.85. The molecule has 0 aliphatic carbocycles. The number of hydrogen-bond acceptors (Lipinski definition) is 9. The summed E-state index contributed by atoms with van der Waals surface area (Å²) >= 11 is 3.38. The lowest BCUT2D eigenvalue weighted by molar-refractivity contribution is -0.181. The highest BCUT2D eigenvalue weighted by Crippen LogP contribution is 2.36. The molecule has 9 nitrogen and oxygen atoms in total. The van der Waals surface area contributed by atoms with Crippen LogP contribution in [0.1, 0.15) is 66.1 Å². The number of aldehydes is 1. The van der Waals surface area contributed by atoms with E-state index in [0.717, 1.165) is 50.4 Å². The first-order valence-electron chi connectivity index (χ1n) is 11.9. The zero-order valence-electron chi connectivity index (χ0n) is 21.8. The van der Waals surface area contributed by atoms with Gasteiger partial charge >= 0.3 is 0 Å². The third kappa shape index (κ3) is 6.44. The smallest absolute Gasteiger partial charge is 0.205 e. The highest BCUT2D eigenvalue weighted by atomic mass is 79.9. The van der Waals surface area contributed by atoms with Gasteiger partial charge in [-0.1, -0.05) is 0 Å². The Kier molecular flexibility index (Phi) is 7.82. The molecule has 3 aromatic heterocycles. The van der Waals surface area contributed by atoms with E-state index in [1.807, 2.05) is 59.9 Å². The third-order valence-electron chi connectivity index (χ3n) is 5.89. The number of anilines is 1. The van der Waals surface area contributed by atoms with Crippen molar-refractivity contribution in [2.45, 2.75) is 72.9 Å². The van der Waals surface area contributed by atoms with E-state index in [4.69, 9.17) is 18.9 Å². The Morgan fingerprint density at radius 1 is 0.892 bits per heavy atom.